The zero-order chi connectivity index (χ0) is 16.1. The summed E-state index contributed by atoms with van der Waals surface area (Å²) in [6.07, 6.45) is 0. The maximum atomic E-state index is 12.2. The first kappa shape index (κ1) is 16.7. The monoisotopic (exact) mass is 326 g/mol. The van der Waals surface area contributed by atoms with E-state index in [2.05, 4.69) is 5.32 Å². The number of nitro benzene ring substituents is 1. The van der Waals surface area contributed by atoms with Gasteiger partial charge in [-0.25, -0.2) is 0 Å². The number of nitrogens with one attached hydrogen (secondary N) is 1. The van der Waals surface area contributed by atoms with E-state index in [4.69, 9.17) is 11.6 Å². The predicted molar refractivity (Wildman–Crippen MR) is 83.9 cm³/mol. The SMILES string of the molecule is CN(CC(=O)N1CCNCC1)Cc1ccc(Cl)cc1[N+](=O)[O-]. The van der Waals surface area contributed by atoms with Crippen LogP contribution in [-0.2, 0) is 11.3 Å². The van der Waals surface area contributed by atoms with E-state index in [1.54, 1.807) is 24.1 Å². The third-order valence-corrected chi connectivity index (χ3v) is 3.79. The second kappa shape index (κ2) is 7.53. The van der Waals surface area contributed by atoms with E-state index >= 15 is 0 Å². The first-order valence-electron chi connectivity index (χ1n) is 7.07. The Morgan fingerprint density at radius 1 is 1.45 bits per heavy atom. The summed E-state index contributed by atoms with van der Waals surface area (Å²) in [6.45, 7) is 3.57. The zero-order valence-electron chi connectivity index (χ0n) is 12.4. The number of piperazine rings is 1. The molecule has 1 N–H and O–H groups in total. The second-order valence-electron chi connectivity index (χ2n) is 5.33. The van der Waals surface area contributed by atoms with Crippen molar-refractivity contribution in [2.75, 3.05) is 39.8 Å². The average molecular weight is 327 g/mol. The van der Waals surface area contributed by atoms with Gasteiger partial charge < -0.3 is 10.2 Å². The van der Waals surface area contributed by atoms with Crippen LogP contribution >= 0.6 is 11.6 Å². The number of carbonyl (C=O) groups excluding carboxylic acids is 1. The fraction of sp³-hybridized carbons (Fsp3) is 0.500. The first-order chi connectivity index (χ1) is 10.5. The van der Waals surface area contributed by atoms with E-state index in [1.807, 2.05) is 4.90 Å². The molecule has 0 aromatic heterocycles. The highest BCUT2D eigenvalue weighted by Gasteiger charge is 2.20. The van der Waals surface area contributed by atoms with E-state index in [9.17, 15) is 14.9 Å². The van der Waals surface area contributed by atoms with Crippen molar-refractivity contribution in [2.45, 2.75) is 6.54 Å². The third kappa shape index (κ3) is 4.40. The van der Waals surface area contributed by atoms with Crippen molar-refractivity contribution >= 4 is 23.2 Å². The van der Waals surface area contributed by atoms with Crippen molar-refractivity contribution in [1.82, 2.24) is 15.1 Å². The Bertz CT molecular complexity index is 561. The number of carbonyl (C=O) groups is 1. The molecule has 7 nitrogen and oxygen atoms in total. The van der Waals surface area contributed by atoms with Crippen LogP contribution < -0.4 is 5.32 Å². The van der Waals surface area contributed by atoms with Gasteiger partial charge in [0.15, 0.2) is 0 Å². The van der Waals surface area contributed by atoms with Crippen LogP contribution in [0, 0.1) is 10.1 Å². The van der Waals surface area contributed by atoms with Crippen LogP contribution in [0.2, 0.25) is 5.02 Å². The Morgan fingerprint density at radius 3 is 2.77 bits per heavy atom. The molecule has 1 amide bonds. The molecule has 1 aliphatic rings. The standard InChI is InChI=1S/C14H19ClN4O3/c1-17(10-14(20)18-6-4-16-5-7-18)9-11-2-3-12(15)8-13(11)19(21)22/h2-3,8,16H,4-7,9-10H2,1H3. The molecule has 0 saturated carbocycles. The van der Waals surface area contributed by atoms with Gasteiger partial charge >= 0.3 is 0 Å². The lowest BCUT2D eigenvalue weighted by Crippen LogP contribution is -2.49. The lowest BCUT2D eigenvalue weighted by Gasteiger charge is -2.29. The van der Waals surface area contributed by atoms with Crippen molar-refractivity contribution in [3.8, 4) is 0 Å². The fourth-order valence-corrected chi connectivity index (χ4v) is 2.60. The van der Waals surface area contributed by atoms with E-state index in [0.717, 1.165) is 13.1 Å². The number of rotatable bonds is 5. The summed E-state index contributed by atoms with van der Waals surface area (Å²) in [4.78, 5) is 26.4. The van der Waals surface area contributed by atoms with Gasteiger partial charge in [0.2, 0.25) is 5.91 Å². The largest absolute Gasteiger partial charge is 0.339 e. The number of nitro groups is 1. The molecule has 1 heterocycles. The van der Waals surface area contributed by atoms with Gasteiger partial charge in [0.05, 0.1) is 11.5 Å². The third-order valence-electron chi connectivity index (χ3n) is 3.56. The van der Waals surface area contributed by atoms with Crippen molar-refractivity contribution < 1.29 is 9.72 Å². The molecule has 0 bridgehead atoms. The van der Waals surface area contributed by atoms with Crippen LogP contribution in [0.25, 0.3) is 0 Å². The number of likely N-dealkylation sites (N-methyl/N-ethyl adjacent to an activating group) is 1. The van der Waals surface area contributed by atoms with Crippen LogP contribution in [0.1, 0.15) is 5.56 Å². The number of hydrogen-bond donors (Lipinski definition) is 1. The molecule has 0 unspecified atom stereocenters. The lowest BCUT2D eigenvalue weighted by atomic mass is 10.1. The summed E-state index contributed by atoms with van der Waals surface area (Å²) in [6, 6.07) is 4.59. The molecule has 120 valence electrons. The summed E-state index contributed by atoms with van der Waals surface area (Å²) < 4.78 is 0. The average Bonchev–Trinajstić information content (AvgIpc) is 2.49. The molecule has 22 heavy (non-hydrogen) atoms. The normalized spacial score (nSPS) is 15.1. The van der Waals surface area contributed by atoms with Crippen molar-refractivity contribution in [2.24, 2.45) is 0 Å². The highest BCUT2D eigenvalue weighted by Crippen LogP contribution is 2.24. The molecule has 0 radical (unpaired) electrons. The quantitative estimate of drug-likeness (QED) is 0.648. The molecule has 0 aliphatic carbocycles. The predicted octanol–water partition coefficient (Wildman–Crippen LogP) is 1.11. The molecule has 1 aromatic rings. The molecule has 8 heteroatoms. The summed E-state index contributed by atoms with van der Waals surface area (Å²) in [5, 5.41) is 14.6. The Balaban J connectivity index is 1.98. The van der Waals surface area contributed by atoms with Crippen LogP contribution in [0.3, 0.4) is 0 Å². The zero-order valence-corrected chi connectivity index (χ0v) is 13.2. The van der Waals surface area contributed by atoms with Gasteiger partial charge in [-0.3, -0.25) is 19.8 Å². The maximum absolute atomic E-state index is 12.2. The minimum absolute atomic E-state index is 0.0195. The molecule has 0 spiro atoms. The molecular weight excluding hydrogens is 308 g/mol. The summed E-state index contributed by atoms with van der Waals surface area (Å²) in [7, 11) is 1.78. The molecule has 2 rings (SSSR count). The van der Waals surface area contributed by atoms with Gasteiger partial charge in [-0.1, -0.05) is 11.6 Å². The second-order valence-corrected chi connectivity index (χ2v) is 5.77. The van der Waals surface area contributed by atoms with Crippen LogP contribution in [0.15, 0.2) is 18.2 Å². The highest BCUT2D eigenvalue weighted by atomic mass is 35.5. The Kier molecular flexibility index (Phi) is 5.70. The van der Waals surface area contributed by atoms with Crippen LogP contribution in [-0.4, -0.2) is 60.4 Å². The summed E-state index contributed by atoms with van der Waals surface area (Å²) in [5.41, 5.74) is 0.527. The minimum Gasteiger partial charge on any atom is -0.339 e. The minimum atomic E-state index is -0.451. The number of halogens is 1. The van der Waals surface area contributed by atoms with Crippen molar-refractivity contribution in [3.05, 3.63) is 38.9 Å². The van der Waals surface area contributed by atoms with Gasteiger partial charge in [-0.05, 0) is 19.2 Å². The molecule has 1 saturated heterocycles. The maximum Gasteiger partial charge on any atom is 0.275 e. The Morgan fingerprint density at radius 2 is 2.14 bits per heavy atom. The molecule has 0 atom stereocenters. The first-order valence-corrected chi connectivity index (χ1v) is 7.45. The molecule has 1 fully saturated rings. The van der Waals surface area contributed by atoms with Gasteiger partial charge in [-0.2, -0.15) is 0 Å². The molecule has 1 aliphatic heterocycles. The smallest absolute Gasteiger partial charge is 0.275 e. The fourth-order valence-electron chi connectivity index (χ4n) is 2.43. The lowest BCUT2D eigenvalue weighted by molar-refractivity contribution is -0.385. The summed E-state index contributed by atoms with van der Waals surface area (Å²) >= 11 is 5.80. The van der Waals surface area contributed by atoms with Gasteiger partial charge in [-0.15, -0.1) is 0 Å². The number of benzene rings is 1. The van der Waals surface area contributed by atoms with Crippen LogP contribution in [0.5, 0.6) is 0 Å². The number of hydrogen-bond acceptors (Lipinski definition) is 5. The van der Waals surface area contributed by atoms with E-state index in [0.29, 0.717) is 30.2 Å². The van der Waals surface area contributed by atoms with Gasteiger partial charge in [0.1, 0.15) is 0 Å². The number of amides is 1. The molecule has 1 aromatic carbocycles. The van der Waals surface area contributed by atoms with E-state index < -0.39 is 4.92 Å². The van der Waals surface area contributed by atoms with E-state index in [1.165, 1.54) is 6.07 Å². The summed E-state index contributed by atoms with van der Waals surface area (Å²) in [5.74, 6) is 0.0422. The molecular formula is C14H19ClN4O3. The van der Waals surface area contributed by atoms with Gasteiger partial charge in [0.25, 0.3) is 5.69 Å². The Hall–Kier alpha value is -1.70. The number of nitrogens with zero attached hydrogens (tertiary/aromatic N) is 3. The van der Waals surface area contributed by atoms with E-state index in [-0.39, 0.29) is 18.1 Å². The topological polar surface area (TPSA) is 78.7 Å². The van der Waals surface area contributed by atoms with Crippen LogP contribution in [0.4, 0.5) is 5.69 Å². The van der Waals surface area contributed by atoms with Crippen molar-refractivity contribution in [3.63, 3.8) is 0 Å². The van der Waals surface area contributed by atoms with Gasteiger partial charge in [0, 0.05) is 49.4 Å². The Labute approximate surface area is 134 Å². The highest BCUT2D eigenvalue weighted by molar-refractivity contribution is 6.30. The van der Waals surface area contributed by atoms with Crippen molar-refractivity contribution in [1.29, 1.82) is 0 Å².